The zero-order valence-electron chi connectivity index (χ0n) is 15.0. The maximum atomic E-state index is 12.2. The maximum Gasteiger partial charge on any atom is 0.344 e. The van der Waals surface area contributed by atoms with Crippen LogP contribution in [0.2, 0.25) is 0 Å². The van der Waals surface area contributed by atoms with E-state index in [9.17, 15) is 20.0 Å². The SMILES string of the molecule is COC(=O)C1=C(O)/C(=C\c2cccc(C#N)c2)SC1=Nc1cccc([N+](=O)[O-])c1. The smallest absolute Gasteiger partial charge is 0.344 e. The number of nitro groups is 1. The fourth-order valence-electron chi connectivity index (χ4n) is 2.53. The Morgan fingerprint density at radius 1 is 1.31 bits per heavy atom. The number of aliphatic hydroxyl groups excluding tert-OH is 1. The number of ether oxygens (including phenoxy) is 1. The average molecular weight is 407 g/mol. The highest BCUT2D eigenvalue weighted by Gasteiger charge is 2.33. The largest absolute Gasteiger partial charge is 0.506 e. The fourth-order valence-corrected chi connectivity index (χ4v) is 3.57. The second-order valence-corrected chi connectivity index (χ2v) is 6.79. The van der Waals surface area contributed by atoms with Crippen molar-refractivity contribution in [3.63, 3.8) is 0 Å². The van der Waals surface area contributed by atoms with E-state index in [4.69, 9.17) is 10.00 Å². The second-order valence-electron chi connectivity index (χ2n) is 5.76. The van der Waals surface area contributed by atoms with E-state index in [0.29, 0.717) is 16.0 Å². The van der Waals surface area contributed by atoms with E-state index in [2.05, 4.69) is 4.99 Å². The standard InChI is InChI=1S/C20H13N3O5S/c1-28-20(25)17-18(24)16(9-12-4-2-5-13(8-12)11-21)29-19(17)22-14-6-3-7-15(10-14)23(26)27/h2-10,24H,1H3/b16-9+,22-19?. The number of benzene rings is 2. The molecule has 0 aromatic heterocycles. The van der Waals surface area contributed by atoms with Crippen molar-refractivity contribution < 1.29 is 19.6 Å². The summed E-state index contributed by atoms with van der Waals surface area (Å²) in [6.07, 6.45) is 1.61. The van der Waals surface area contributed by atoms with E-state index in [0.717, 1.165) is 11.8 Å². The van der Waals surface area contributed by atoms with Crippen LogP contribution in [0.3, 0.4) is 0 Å². The van der Waals surface area contributed by atoms with Crippen molar-refractivity contribution in [3.8, 4) is 6.07 Å². The fraction of sp³-hybridized carbons (Fsp3) is 0.0500. The monoisotopic (exact) mass is 407 g/mol. The number of carbonyl (C=O) groups excluding carboxylic acids is 1. The number of hydrogen-bond acceptors (Lipinski definition) is 8. The van der Waals surface area contributed by atoms with Crippen LogP contribution in [-0.2, 0) is 9.53 Å². The lowest BCUT2D eigenvalue weighted by molar-refractivity contribution is -0.384. The van der Waals surface area contributed by atoms with E-state index < -0.39 is 10.9 Å². The van der Waals surface area contributed by atoms with Gasteiger partial charge in [0.2, 0.25) is 0 Å². The van der Waals surface area contributed by atoms with Gasteiger partial charge in [0.25, 0.3) is 5.69 Å². The molecule has 2 aromatic carbocycles. The van der Waals surface area contributed by atoms with Crippen molar-refractivity contribution in [2.24, 2.45) is 4.99 Å². The number of thioether (sulfide) groups is 1. The molecule has 0 amide bonds. The molecule has 0 atom stereocenters. The van der Waals surface area contributed by atoms with E-state index in [1.165, 1.54) is 25.3 Å². The first kappa shape index (κ1) is 19.9. The van der Waals surface area contributed by atoms with Crippen LogP contribution in [0.15, 0.2) is 69.8 Å². The molecule has 1 aliphatic heterocycles. The number of rotatable bonds is 4. The predicted molar refractivity (Wildman–Crippen MR) is 109 cm³/mol. The molecule has 144 valence electrons. The lowest BCUT2D eigenvalue weighted by Crippen LogP contribution is -2.10. The van der Waals surface area contributed by atoms with E-state index >= 15 is 0 Å². The van der Waals surface area contributed by atoms with Crippen LogP contribution >= 0.6 is 11.8 Å². The van der Waals surface area contributed by atoms with Gasteiger partial charge in [-0.15, -0.1) is 0 Å². The maximum absolute atomic E-state index is 12.2. The first-order valence-corrected chi connectivity index (χ1v) is 8.99. The Bertz CT molecular complexity index is 1140. The lowest BCUT2D eigenvalue weighted by Gasteiger charge is -2.02. The van der Waals surface area contributed by atoms with Gasteiger partial charge >= 0.3 is 5.97 Å². The Morgan fingerprint density at radius 3 is 2.76 bits per heavy atom. The molecule has 0 saturated carbocycles. The minimum Gasteiger partial charge on any atom is -0.506 e. The third-order valence-electron chi connectivity index (χ3n) is 3.86. The molecule has 1 N–H and O–H groups in total. The van der Waals surface area contributed by atoms with Crippen LogP contribution in [0.4, 0.5) is 11.4 Å². The van der Waals surface area contributed by atoms with Crippen LogP contribution in [0.25, 0.3) is 6.08 Å². The third-order valence-corrected chi connectivity index (χ3v) is 4.88. The molecular weight excluding hydrogens is 394 g/mol. The summed E-state index contributed by atoms with van der Waals surface area (Å²) in [7, 11) is 1.18. The number of non-ortho nitro benzene ring substituents is 1. The van der Waals surface area contributed by atoms with Crippen LogP contribution in [0.1, 0.15) is 11.1 Å². The van der Waals surface area contributed by atoms with Crippen molar-refractivity contribution in [2.75, 3.05) is 7.11 Å². The molecule has 0 fully saturated rings. The summed E-state index contributed by atoms with van der Waals surface area (Å²) < 4.78 is 4.74. The van der Waals surface area contributed by atoms with Gasteiger partial charge in [-0.25, -0.2) is 9.79 Å². The highest BCUT2D eigenvalue weighted by atomic mass is 32.2. The average Bonchev–Trinajstić information content (AvgIpc) is 3.02. The molecule has 0 radical (unpaired) electrons. The predicted octanol–water partition coefficient (Wildman–Crippen LogP) is 4.27. The summed E-state index contributed by atoms with van der Waals surface area (Å²) in [6, 6.07) is 14.4. The number of esters is 1. The van der Waals surface area contributed by atoms with Gasteiger partial charge in [-0.05, 0) is 29.8 Å². The van der Waals surface area contributed by atoms with Gasteiger partial charge in [0, 0.05) is 12.1 Å². The van der Waals surface area contributed by atoms with E-state index in [-0.39, 0.29) is 27.8 Å². The van der Waals surface area contributed by atoms with E-state index in [1.54, 1.807) is 36.4 Å². The van der Waals surface area contributed by atoms with Crippen molar-refractivity contribution in [3.05, 3.63) is 86.0 Å². The van der Waals surface area contributed by atoms with Gasteiger partial charge < -0.3 is 9.84 Å². The van der Waals surface area contributed by atoms with Gasteiger partial charge in [-0.3, -0.25) is 10.1 Å². The number of nitrogens with zero attached hydrogens (tertiary/aromatic N) is 3. The summed E-state index contributed by atoms with van der Waals surface area (Å²) in [5.74, 6) is -1.10. The van der Waals surface area contributed by atoms with Gasteiger partial charge in [-0.2, -0.15) is 5.26 Å². The Labute approximate surface area is 169 Å². The van der Waals surface area contributed by atoms with Crippen LogP contribution < -0.4 is 0 Å². The Balaban J connectivity index is 2.06. The normalized spacial score (nSPS) is 16.1. The van der Waals surface area contributed by atoms with Crippen molar-refractivity contribution in [2.45, 2.75) is 0 Å². The zero-order chi connectivity index (χ0) is 21.0. The first-order valence-electron chi connectivity index (χ1n) is 8.18. The lowest BCUT2D eigenvalue weighted by atomic mass is 10.1. The highest BCUT2D eigenvalue weighted by molar-refractivity contribution is 8.18. The number of hydrogen-bond donors (Lipinski definition) is 1. The Hall–Kier alpha value is -3.90. The first-order chi connectivity index (χ1) is 13.9. The molecule has 29 heavy (non-hydrogen) atoms. The molecule has 0 spiro atoms. The number of methoxy groups -OCH3 is 1. The quantitative estimate of drug-likeness (QED) is 0.455. The van der Waals surface area contributed by atoms with Crippen molar-refractivity contribution >= 4 is 40.2 Å². The molecule has 9 heteroatoms. The summed E-state index contributed by atoms with van der Waals surface area (Å²) in [4.78, 5) is 27.2. The minimum absolute atomic E-state index is 0.133. The molecule has 2 aromatic rings. The molecule has 0 bridgehead atoms. The van der Waals surface area contributed by atoms with Gasteiger partial charge in [0.05, 0.1) is 34.3 Å². The molecule has 1 aliphatic rings. The van der Waals surface area contributed by atoms with Crippen LogP contribution in [0.5, 0.6) is 0 Å². The van der Waals surface area contributed by atoms with Crippen LogP contribution in [0, 0.1) is 21.4 Å². The van der Waals surface area contributed by atoms with Crippen LogP contribution in [-0.4, -0.2) is 28.2 Å². The summed E-state index contributed by atoms with van der Waals surface area (Å²) in [5.41, 5.74) is 1.07. The highest BCUT2D eigenvalue weighted by Crippen LogP contribution is 2.40. The number of aliphatic hydroxyl groups is 1. The van der Waals surface area contributed by atoms with E-state index in [1.807, 2.05) is 6.07 Å². The summed E-state index contributed by atoms with van der Waals surface area (Å²) >= 11 is 1.02. The zero-order valence-corrected chi connectivity index (χ0v) is 15.8. The molecule has 0 saturated heterocycles. The second kappa shape index (κ2) is 8.41. The third kappa shape index (κ3) is 4.34. The number of carbonyl (C=O) groups is 1. The number of nitro benzene ring substituents is 1. The van der Waals surface area contributed by atoms with Gasteiger partial charge in [-0.1, -0.05) is 30.0 Å². The summed E-state index contributed by atoms with van der Waals surface area (Å²) in [6.45, 7) is 0. The Morgan fingerprint density at radius 2 is 2.07 bits per heavy atom. The Kier molecular flexibility index (Phi) is 5.76. The summed E-state index contributed by atoms with van der Waals surface area (Å²) in [5, 5.41) is 30.7. The molecule has 0 aliphatic carbocycles. The molecule has 1 heterocycles. The molecule has 8 nitrogen and oxygen atoms in total. The van der Waals surface area contributed by atoms with Crippen molar-refractivity contribution in [1.82, 2.24) is 0 Å². The molecule has 3 rings (SSSR count). The molecular formula is C20H13N3O5S. The number of aliphatic imine (C=N–C) groups is 1. The van der Waals surface area contributed by atoms with Gasteiger partial charge in [0.1, 0.15) is 16.4 Å². The molecule has 0 unspecified atom stereocenters. The number of nitriles is 1. The van der Waals surface area contributed by atoms with Crippen molar-refractivity contribution in [1.29, 1.82) is 5.26 Å². The van der Waals surface area contributed by atoms with Gasteiger partial charge in [0.15, 0.2) is 0 Å². The topological polar surface area (TPSA) is 126 Å². The minimum atomic E-state index is -0.784.